The Morgan fingerprint density at radius 1 is 1.04 bits per heavy atom. The van der Waals surface area contributed by atoms with E-state index in [1.54, 1.807) is 41.1 Å². The molecule has 0 saturated carbocycles. The zero-order valence-electron chi connectivity index (χ0n) is 15.6. The fourth-order valence-corrected chi connectivity index (χ4v) is 3.16. The summed E-state index contributed by atoms with van der Waals surface area (Å²) < 4.78 is 27.4. The highest BCUT2D eigenvalue weighted by Crippen LogP contribution is 2.23. The minimum absolute atomic E-state index is 0.136. The van der Waals surface area contributed by atoms with Crippen molar-refractivity contribution in [1.82, 2.24) is 4.90 Å². The molecule has 146 valence electrons. The molecule has 1 aliphatic heterocycles. The van der Waals surface area contributed by atoms with Crippen LogP contribution in [-0.2, 0) is 4.79 Å². The van der Waals surface area contributed by atoms with Crippen molar-refractivity contribution in [3.8, 4) is 0 Å². The van der Waals surface area contributed by atoms with Crippen molar-refractivity contribution in [2.24, 2.45) is 0 Å². The molecule has 7 heteroatoms. The van der Waals surface area contributed by atoms with Gasteiger partial charge in [-0.3, -0.25) is 9.59 Å². The van der Waals surface area contributed by atoms with Gasteiger partial charge in [-0.25, -0.2) is 8.78 Å². The fourth-order valence-electron chi connectivity index (χ4n) is 3.16. The number of carbonyl (C=O) groups excluding carboxylic acids is 2. The monoisotopic (exact) mass is 385 g/mol. The first kappa shape index (κ1) is 19.5. The topological polar surface area (TPSA) is 43.9 Å². The average molecular weight is 385 g/mol. The first-order valence-electron chi connectivity index (χ1n) is 8.91. The van der Waals surface area contributed by atoms with Gasteiger partial charge in [-0.2, -0.15) is 0 Å². The molecule has 0 unspecified atom stereocenters. The van der Waals surface area contributed by atoms with Crippen molar-refractivity contribution in [2.75, 3.05) is 43.0 Å². The molecule has 0 atom stereocenters. The van der Waals surface area contributed by atoms with Gasteiger partial charge >= 0.3 is 0 Å². The van der Waals surface area contributed by atoms with Crippen LogP contribution in [0.5, 0.6) is 0 Å². The summed E-state index contributed by atoms with van der Waals surface area (Å²) in [6, 6.07) is 10.8. The molecule has 1 saturated heterocycles. The lowest BCUT2D eigenvalue weighted by molar-refractivity contribution is -0.113. The normalized spacial score (nSPS) is 14.0. The lowest BCUT2D eigenvalue weighted by Crippen LogP contribution is -2.49. The Morgan fingerprint density at radius 2 is 1.68 bits per heavy atom. The molecule has 0 bridgehead atoms. The predicted molar refractivity (Wildman–Crippen MR) is 105 cm³/mol. The summed E-state index contributed by atoms with van der Waals surface area (Å²) in [5, 5.41) is 0. The number of anilines is 2. The third-order valence-electron chi connectivity index (χ3n) is 4.85. The molecule has 0 radical (unpaired) electrons. The van der Waals surface area contributed by atoms with Gasteiger partial charge in [0.2, 0.25) is 5.91 Å². The standard InChI is InChI=1S/C21H21F2N3O2/c1-3-19(27)24(2)16-9-7-15(8-10-16)21(28)26-13-11-25(12-14-26)18-6-4-5-17(22)20(18)23/h3-10H,1,11-14H2,2H3. The molecule has 2 amide bonds. The van der Waals surface area contributed by atoms with Gasteiger partial charge < -0.3 is 14.7 Å². The van der Waals surface area contributed by atoms with Crippen LogP contribution in [0, 0.1) is 11.6 Å². The Labute approximate surface area is 162 Å². The molecular formula is C21H21F2N3O2. The van der Waals surface area contributed by atoms with Gasteiger partial charge in [0, 0.05) is 44.5 Å². The molecule has 0 aliphatic carbocycles. The largest absolute Gasteiger partial charge is 0.366 e. The molecule has 0 N–H and O–H groups in total. The zero-order valence-corrected chi connectivity index (χ0v) is 15.6. The third-order valence-corrected chi connectivity index (χ3v) is 4.85. The van der Waals surface area contributed by atoms with Crippen LogP contribution in [0.25, 0.3) is 0 Å². The van der Waals surface area contributed by atoms with Crippen LogP contribution in [0.2, 0.25) is 0 Å². The molecule has 2 aromatic carbocycles. The van der Waals surface area contributed by atoms with Crippen LogP contribution in [0.4, 0.5) is 20.2 Å². The number of amides is 2. The van der Waals surface area contributed by atoms with E-state index in [9.17, 15) is 18.4 Å². The van der Waals surface area contributed by atoms with Gasteiger partial charge in [-0.05, 0) is 42.5 Å². The molecule has 3 rings (SSSR count). The molecule has 0 aromatic heterocycles. The Morgan fingerprint density at radius 3 is 2.29 bits per heavy atom. The SMILES string of the molecule is C=CC(=O)N(C)c1ccc(C(=O)N2CCN(c3cccc(F)c3F)CC2)cc1. The third kappa shape index (κ3) is 3.88. The summed E-state index contributed by atoms with van der Waals surface area (Å²) in [6.07, 6.45) is 1.22. The first-order chi connectivity index (χ1) is 13.4. The molecule has 0 spiro atoms. The summed E-state index contributed by atoms with van der Waals surface area (Å²) >= 11 is 0. The predicted octanol–water partition coefficient (Wildman–Crippen LogP) is 3.08. The smallest absolute Gasteiger partial charge is 0.253 e. The second-order valence-corrected chi connectivity index (χ2v) is 6.50. The van der Waals surface area contributed by atoms with Gasteiger partial charge in [0.05, 0.1) is 5.69 Å². The summed E-state index contributed by atoms with van der Waals surface area (Å²) in [5.41, 5.74) is 1.38. The van der Waals surface area contributed by atoms with E-state index in [0.29, 0.717) is 37.4 Å². The quantitative estimate of drug-likeness (QED) is 0.760. The Balaban J connectivity index is 1.64. The number of piperazine rings is 1. The van der Waals surface area contributed by atoms with Crippen molar-refractivity contribution >= 4 is 23.2 Å². The van der Waals surface area contributed by atoms with Crippen molar-refractivity contribution < 1.29 is 18.4 Å². The number of rotatable bonds is 4. The highest BCUT2D eigenvalue weighted by atomic mass is 19.2. The lowest BCUT2D eigenvalue weighted by atomic mass is 10.1. The molecule has 1 aliphatic rings. The highest BCUT2D eigenvalue weighted by molar-refractivity contribution is 6.01. The van der Waals surface area contributed by atoms with E-state index in [2.05, 4.69) is 6.58 Å². The lowest BCUT2D eigenvalue weighted by Gasteiger charge is -2.36. The van der Waals surface area contributed by atoms with E-state index in [-0.39, 0.29) is 17.5 Å². The van der Waals surface area contributed by atoms with Crippen molar-refractivity contribution in [3.63, 3.8) is 0 Å². The van der Waals surface area contributed by atoms with E-state index in [1.807, 2.05) is 0 Å². The summed E-state index contributed by atoms with van der Waals surface area (Å²) in [4.78, 5) is 29.2. The molecule has 1 heterocycles. The van der Waals surface area contributed by atoms with E-state index < -0.39 is 11.6 Å². The molecular weight excluding hydrogens is 364 g/mol. The van der Waals surface area contributed by atoms with Crippen LogP contribution in [0.1, 0.15) is 10.4 Å². The fraction of sp³-hybridized carbons (Fsp3) is 0.238. The maximum absolute atomic E-state index is 14.0. The average Bonchev–Trinajstić information content (AvgIpc) is 2.74. The minimum atomic E-state index is -0.879. The van der Waals surface area contributed by atoms with Gasteiger partial charge in [0.25, 0.3) is 5.91 Å². The van der Waals surface area contributed by atoms with Crippen molar-refractivity contribution in [3.05, 3.63) is 72.3 Å². The number of benzene rings is 2. The summed E-state index contributed by atoms with van der Waals surface area (Å²) in [7, 11) is 1.63. The zero-order chi connectivity index (χ0) is 20.3. The van der Waals surface area contributed by atoms with Crippen molar-refractivity contribution in [2.45, 2.75) is 0 Å². The Bertz CT molecular complexity index is 891. The van der Waals surface area contributed by atoms with Crippen LogP contribution in [0.15, 0.2) is 55.1 Å². The Kier molecular flexibility index (Phi) is 5.73. The number of hydrogen-bond donors (Lipinski definition) is 0. The number of nitrogens with zero attached hydrogens (tertiary/aromatic N) is 3. The number of hydrogen-bond acceptors (Lipinski definition) is 3. The van der Waals surface area contributed by atoms with Crippen LogP contribution in [-0.4, -0.2) is 49.9 Å². The van der Waals surface area contributed by atoms with Gasteiger partial charge in [0.1, 0.15) is 0 Å². The van der Waals surface area contributed by atoms with E-state index >= 15 is 0 Å². The molecule has 28 heavy (non-hydrogen) atoms. The Hall–Kier alpha value is -3.22. The second-order valence-electron chi connectivity index (χ2n) is 6.50. The van der Waals surface area contributed by atoms with Crippen LogP contribution in [0.3, 0.4) is 0 Å². The maximum atomic E-state index is 14.0. The summed E-state index contributed by atoms with van der Waals surface area (Å²) in [5.74, 6) is -2.12. The molecule has 1 fully saturated rings. The van der Waals surface area contributed by atoms with E-state index in [4.69, 9.17) is 0 Å². The number of halogens is 2. The number of likely N-dealkylation sites (N-methyl/N-ethyl adjacent to an activating group) is 1. The van der Waals surface area contributed by atoms with Crippen LogP contribution < -0.4 is 9.80 Å². The van der Waals surface area contributed by atoms with E-state index in [0.717, 1.165) is 6.07 Å². The molecule has 2 aromatic rings. The minimum Gasteiger partial charge on any atom is -0.366 e. The second kappa shape index (κ2) is 8.21. The van der Waals surface area contributed by atoms with E-state index in [1.165, 1.54) is 23.1 Å². The van der Waals surface area contributed by atoms with Gasteiger partial charge in [0.15, 0.2) is 11.6 Å². The molecule has 5 nitrogen and oxygen atoms in total. The number of carbonyl (C=O) groups is 2. The highest BCUT2D eigenvalue weighted by Gasteiger charge is 2.24. The summed E-state index contributed by atoms with van der Waals surface area (Å²) in [6.45, 7) is 5.10. The van der Waals surface area contributed by atoms with Crippen LogP contribution >= 0.6 is 0 Å². The van der Waals surface area contributed by atoms with Gasteiger partial charge in [-0.1, -0.05) is 12.6 Å². The van der Waals surface area contributed by atoms with Crippen molar-refractivity contribution in [1.29, 1.82) is 0 Å². The van der Waals surface area contributed by atoms with Gasteiger partial charge in [-0.15, -0.1) is 0 Å². The first-order valence-corrected chi connectivity index (χ1v) is 8.91. The maximum Gasteiger partial charge on any atom is 0.253 e.